The maximum absolute atomic E-state index is 13.6. The molecular formula is C25H37NO3. The standard InChI is InChI=1S/C25H37NO3/c1-16-13-18-14-22-24(2,3)25(4,20(18)15-21(16)29-6)11-12-26(22)23(27)17-7-9-19(28-5)10-8-17/h13,15,17,19,22H,7-12,14H2,1-6H3/t17?,19?,22-,25+/m1/s1. The highest BCUT2D eigenvalue weighted by Crippen LogP contribution is 2.57. The van der Waals surface area contributed by atoms with Crippen LogP contribution in [-0.4, -0.2) is 43.7 Å². The molecule has 29 heavy (non-hydrogen) atoms. The summed E-state index contributed by atoms with van der Waals surface area (Å²) in [6.45, 7) is 10.1. The number of likely N-dealkylation sites (tertiary alicyclic amines) is 1. The summed E-state index contributed by atoms with van der Waals surface area (Å²) >= 11 is 0. The largest absolute Gasteiger partial charge is 0.496 e. The van der Waals surface area contributed by atoms with Gasteiger partial charge in [0.2, 0.25) is 5.91 Å². The van der Waals surface area contributed by atoms with Crippen LogP contribution in [0.1, 0.15) is 69.6 Å². The zero-order valence-corrected chi connectivity index (χ0v) is 19.0. The number of nitrogens with zero attached hydrogens (tertiary/aromatic N) is 1. The molecule has 0 N–H and O–H groups in total. The number of aryl methyl sites for hydroxylation is 1. The average Bonchev–Trinajstić information content (AvgIpc) is 2.70. The van der Waals surface area contributed by atoms with E-state index in [1.807, 2.05) is 0 Å². The van der Waals surface area contributed by atoms with E-state index >= 15 is 0 Å². The highest BCUT2D eigenvalue weighted by molar-refractivity contribution is 5.80. The normalized spacial score (nSPS) is 33.2. The lowest BCUT2D eigenvalue weighted by Gasteiger charge is -2.61. The number of ether oxygens (including phenoxy) is 2. The molecule has 1 aromatic carbocycles. The van der Waals surface area contributed by atoms with E-state index in [1.165, 1.54) is 16.7 Å². The Morgan fingerprint density at radius 1 is 1.10 bits per heavy atom. The summed E-state index contributed by atoms with van der Waals surface area (Å²) in [5.41, 5.74) is 4.09. The molecule has 2 atom stereocenters. The number of piperidine rings is 1. The third-order valence-corrected chi connectivity index (χ3v) is 8.75. The lowest BCUT2D eigenvalue weighted by Crippen LogP contribution is -2.65. The zero-order chi connectivity index (χ0) is 21.0. The third-order valence-electron chi connectivity index (χ3n) is 8.75. The summed E-state index contributed by atoms with van der Waals surface area (Å²) < 4.78 is 11.2. The Hall–Kier alpha value is -1.55. The van der Waals surface area contributed by atoms with Crippen LogP contribution >= 0.6 is 0 Å². The van der Waals surface area contributed by atoms with Crippen LogP contribution in [0, 0.1) is 18.3 Å². The van der Waals surface area contributed by atoms with Crippen LogP contribution in [0.2, 0.25) is 0 Å². The van der Waals surface area contributed by atoms with Crippen molar-refractivity contribution in [1.82, 2.24) is 4.90 Å². The van der Waals surface area contributed by atoms with Crippen LogP contribution in [0.5, 0.6) is 5.75 Å². The fourth-order valence-electron chi connectivity index (χ4n) is 6.33. The Labute approximate surface area is 175 Å². The van der Waals surface area contributed by atoms with Crippen LogP contribution < -0.4 is 4.74 Å². The Morgan fingerprint density at radius 3 is 2.41 bits per heavy atom. The molecule has 1 saturated heterocycles. The molecule has 1 amide bonds. The van der Waals surface area contributed by atoms with Crippen molar-refractivity contribution in [2.45, 2.75) is 83.8 Å². The summed E-state index contributed by atoms with van der Waals surface area (Å²) in [7, 11) is 3.55. The highest BCUT2D eigenvalue weighted by Gasteiger charge is 2.57. The maximum Gasteiger partial charge on any atom is 0.225 e. The summed E-state index contributed by atoms with van der Waals surface area (Å²) in [6.07, 6.45) is 6.23. The van der Waals surface area contributed by atoms with Crippen molar-refractivity contribution in [3.63, 3.8) is 0 Å². The predicted octanol–water partition coefficient (Wildman–Crippen LogP) is 4.65. The predicted molar refractivity (Wildman–Crippen MR) is 115 cm³/mol. The zero-order valence-electron chi connectivity index (χ0n) is 19.0. The average molecular weight is 400 g/mol. The molecule has 0 spiro atoms. The highest BCUT2D eigenvalue weighted by atomic mass is 16.5. The van der Waals surface area contributed by atoms with Gasteiger partial charge in [0.1, 0.15) is 5.75 Å². The number of carbonyl (C=O) groups excluding carboxylic acids is 1. The van der Waals surface area contributed by atoms with Gasteiger partial charge in [-0.05, 0) is 73.6 Å². The molecule has 1 aliphatic heterocycles. The Balaban J connectivity index is 1.65. The SMILES string of the molecule is COc1cc2c(cc1C)C[C@H]1N(C(=O)C3CCC(OC)CC3)CC[C@]2(C)C1(C)C. The fraction of sp³-hybridized carbons (Fsp3) is 0.720. The number of methoxy groups -OCH3 is 2. The molecule has 1 saturated carbocycles. The first-order valence-electron chi connectivity index (χ1n) is 11.2. The molecule has 2 bridgehead atoms. The van der Waals surface area contributed by atoms with Crippen molar-refractivity contribution in [2.24, 2.45) is 11.3 Å². The van der Waals surface area contributed by atoms with E-state index in [9.17, 15) is 4.79 Å². The summed E-state index contributed by atoms with van der Waals surface area (Å²) in [4.78, 5) is 15.8. The van der Waals surface area contributed by atoms with E-state index in [2.05, 4.69) is 44.7 Å². The van der Waals surface area contributed by atoms with Crippen molar-refractivity contribution >= 4 is 5.91 Å². The van der Waals surface area contributed by atoms with Crippen LogP contribution in [0.4, 0.5) is 0 Å². The molecule has 0 aromatic heterocycles. The number of carbonyl (C=O) groups is 1. The van der Waals surface area contributed by atoms with Gasteiger partial charge in [-0.15, -0.1) is 0 Å². The Bertz CT molecular complexity index is 794. The van der Waals surface area contributed by atoms with Crippen molar-refractivity contribution < 1.29 is 14.3 Å². The van der Waals surface area contributed by atoms with Crippen LogP contribution in [-0.2, 0) is 21.4 Å². The van der Waals surface area contributed by atoms with Crippen molar-refractivity contribution in [3.05, 3.63) is 28.8 Å². The summed E-state index contributed by atoms with van der Waals surface area (Å²) in [5, 5.41) is 0. The van der Waals surface area contributed by atoms with Crippen molar-refractivity contribution in [3.8, 4) is 5.75 Å². The molecule has 1 heterocycles. The van der Waals surface area contributed by atoms with E-state index in [0.29, 0.717) is 12.0 Å². The lowest BCUT2D eigenvalue weighted by atomic mass is 9.50. The van der Waals surface area contributed by atoms with Gasteiger partial charge < -0.3 is 14.4 Å². The van der Waals surface area contributed by atoms with Gasteiger partial charge in [-0.2, -0.15) is 0 Å². The monoisotopic (exact) mass is 399 g/mol. The topological polar surface area (TPSA) is 38.8 Å². The second-order valence-electron chi connectivity index (χ2n) is 10.2. The molecule has 0 unspecified atom stereocenters. The molecule has 0 radical (unpaired) electrons. The van der Waals surface area contributed by atoms with E-state index in [1.54, 1.807) is 14.2 Å². The quantitative estimate of drug-likeness (QED) is 0.743. The third kappa shape index (κ3) is 3.10. The fourth-order valence-corrected chi connectivity index (χ4v) is 6.33. The number of fused-ring (bicyclic) bond motifs is 4. The van der Waals surface area contributed by atoms with Gasteiger partial charge in [-0.1, -0.05) is 26.8 Å². The van der Waals surface area contributed by atoms with Gasteiger partial charge in [0, 0.05) is 31.0 Å². The molecular weight excluding hydrogens is 362 g/mol. The first kappa shape index (κ1) is 20.7. The molecule has 2 fully saturated rings. The van der Waals surface area contributed by atoms with E-state index in [4.69, 9.17) is 9.47 Å². The Kier molecular flexibility index (Phi) is 5.21. The van der Waals surface area contributed by atoms with Crippen LogP contribution in [0.25, 0.3) is 0 Å². The van der Waals surface area contributed by atoms with Gasteiger partial charge in [0.25, 0.3) is 0 Å². The second-order valence-corrected chi connectivity index (χ2v) is 10.2. The number of amides is 1. The van der Waals surface area contributed by atoms with Gasteiger partial charge in [-0.25, -0.2) is 0 Å². The first-order valence-corrected chi connectivity index (χ1v) is 11.2. The maximum atomic E-state index is 13.6. The summed E-state index contributed by atoms with van der Waals surface area (Å²) in [6, 6.07) is 4.83. The molecule has 4 rings (SSSR count). The van der Waals surface area contributed by atoms with Gasteiger partial charge in [0.05, 0.1) is 13.2 Å². The minimum Gasteiger partial charge on any atom is -0.496 e. The minimum atomic E-state index is 0.0257. The smallest absolute Gasteiger partial charge is 0.225 e. The van der Waals surface area contributed by atoms with Crippen LogP contribution in [0.15, 0.2) is 12.1 Å². The lowest BCUT2D eigenvalue weighted by molar-refractivity contribution is -0.150. The van der Waals surface area contributed by atoms with E-state index in [0.717, 1.165) is 50.8 Å². The number of rotatable bonds is 3. The van der Waals surface area contributed by atoms with Crippen LogP contribution in [0.3, 0.4) is 0 Å². The van der Waals surface area contributed by atoms with Gasteiger partial charge in [0.15, 0.2) is 0 Å². The minimum absolute atomic E-state index is 0.0257. The Morgan fingerprint density at radius 2 is 1.79 bits per heavy atom. The second kappa shape index (κ2) is 7.30. The van der Waals surface area contributed by atoms with Crippen molar-refractivity contribution in [1.29, 1.82) is 0 Å². The van der Waals surface area contributed by atoms with E-state index in [-0.39, 0.29) is 22.8 Å². The number of benzene rings is 1. The van der Waals surface area contributed by atoms with Gasteiger partial charge in [-0.3, -0.25) is 4.79 Å². The van der Waals surface area contributed by atoms with Gasteiger partial charge >= 0.3 is 0 Å². The van der Waals surface area contributed by atoms with E-state index < -0.39 is 0 Å². The number of hydrogen-bond acceptors (Lipinski definition) is 3. The molecule has 1 aromatic rings. The molecule has 4 nitrogen and oxygen atoms in total. The first-order chi connectivity index (χ1) is 13.7. The molecule has 160 valence electrons. The molecule has 3 aliphatic rings. The molecule has 4 heteroatoms. The number of hydrogen-bond donors (Lipinski definition) is 0. The summed E-state index contributed by atoms with van der Waals surface area (Å²) in [5.74, 6) is 1.53. The molecule has 2 aliphatic carbocycles. The van der Waals surface area contributed by atoms with Crippen molar-refractivity contribution in [2.75, 3.05) is 20.8 Å².